The second-order valence-electron chi connectivity index (χ2n) is 3.40. The fourth-order valence-corrected chi connectivity index (χ4v) is 1.42. The maximum atomic E-state index is 5.31. The lowest BCUT2D eigenvalue weighted by Gasteiger charge is -2.26. The summed E-state index contributed by atoms with van der Waals surface area (Å²) in [4.78, 5) is 0. The third-order valence-corrected chi connectivity index (χ3v) is 2.34. The van der Waals surface area contributed by atoms with E-state index in [0.29, 0.717) is 6.10 Å². The molecule has 0 amide bonds. The molecule has 0 saturated carbocycles. The zero-order valence-corrected chi connectivity index (χ0v) is 7.70. The van der Waals surface area contributed by atoms with Crippen LogP contribution in [0.15, 0.2) is 30.3 Å². The first-order valence-electron chi connectivity index (χ1n) is 4.81. The van der Waals surface area contributed by atoms with Gasteiger partial charge in [0.1, 0.15) is 0 Å². The Morgan fingerprint density at radius 1 is 1.31 bits per heavy atom. The Morgan fingerprint density at radius 2 is 2.08 bits per heavy atom. The maximum absolute atomic E-state index is 5.31. The minimum absolute atomic E-state index is 0.462. The summed E-state index contributed by atoms with van der Waals surface area (Å²) in [5.74, 6) is 0. The minimum Gasteiger partial charge on any atom is -0.377 e. The molecule has 1 aliphatic heterocycles. The fraction of sp³-hybridized carbons (Fsp3) is 0.455. The Bertz CT molecular complexity index is 244. The first kappa shape index (κ1) is 8.73. The third kappa shape index (κ3) is 2.54. The number of hydrogen-bond acceptors (Lipinski definition) is 2. The quantitative estimate of drug-likeness (QED) is 0.753. The molecule has 1 heterocycles. The molecule has 2 rings (SSSR count). The summed E-state index contributed by atoms with van der Waals surface area (Å²) in [5.41, 5.74) is 1.34. The van der Waals surface area contributed by atoms with Crippen LogP contribution in [0.1, 0.15) is 12.0 Å². The standard InChI is InChI=1S/C11H15NO/c1-2-4-10(5-3-1)8-12-9-11-6-7-13-11/h1-5,11-12H,6-9H2. The van der Waals surface area contributed by atoms with Gasteiger partial charge in [0, 0.05) is 19.7 Å². The van der Waals surface area contributed by atoms with Crippen LogP contribution in [0.2, 0.25) is 0 Å². The van der Waals surface area contributed by atoms with Crippen LogP contribution in [0.4, 0.5) is 0 Å². The fourth-order valence-electron chi connectivity index (χ4n) is 1.42. The number of rotatable bonds is 4. The lowest BCUT2D eigenvalue weighted by Crippen LogP contribution is -2.36. The Hall–Kier alpha value is -0.860. The Kier molecular flexibility index (Phi) is 2.95. The van der Waals surface area contributed by atoms with Gasteiger partial charge >= 0.3 is 0 Å². The van der Waals surface area contributed by atoms with Gasteiger partial charge in [-0.1, -0.05) is 30.3 Å². The lowest BCUT2D eigenvalue weighted by atomic mass is 10.2. The SMILES string of the molecule is c1ccc(CNCC2CCO2)cc1. The Balaban J connectivity index is 1.67. The van der Waals surface area contributed by atoms with Gasteiger partial charge in [-0.2, -0.15) is 0 Å². The molecule has 13 heavy (non-hydrogen) atoms. The summed E-state index contributed by atoms with van der Waals surface area (Å²) >= 11 is 0. The topological polar surface area (TPSA) is 21.3 Å². The molecule has 1 fully saturated rings. The van der Waals surface area contributed by atoms with Crippen molar-refractivity contribution in [2.24, 2.45) is 0 Å². The second kappa shape index (κ2) is 4.40. The molecule has 1 N–H and O–H groups in total. The van der Waals surface area contributed by atoms with Gasteiger partial charge in [0.2, 0.25) is 0 Å². The summed E-state index contributed by atoms with van der Waals surface area (Å²) in [7, 11) is 0. The van der Waals surface area contributed by atoms with Crippen molar-refractivity contribution in [2.45, 2.75) is 19.1 Å². The van der Waals surface area contributed by atoms with Crippen molar-refractivity contribution >= 4 is 0 Å². The predicted molar refractivity (Wildman–Crippen MR) is 52.5 cm³/mol. The molecule has 1 aromatic rings. The molecular formula is C11H15NO. The van der Waals surface area contributed by atoms with Gasteiger partial charge in [0.25, 0.3) is 0 Å². The molecule has 0 aromatic heterocycles. The van der Waals surface area contributed by atoms with Crippen LogP contribution < -0.4 is 5.32 Å². The average Bonchev–Trinajstić information content (AvgIpc) is 2.11. The molecule has 2 nitrogen and oxygen atoms in total. The van der Waals surface area contributed by atoms with Crippen LogP contribution in [0.5, 0.6) is 0 Å². The summed E-state index contributed by atoms with van der Waals surface area (Å²) in [6.45, 7) is 2.87. The Morgan fingerprint density at radius 3 is 2.69 bits per heavy atom. The van der Waals surface area contributed by atoms with E-state index in [1.54, 1.807) is 0 Å². The van der Waals surface area contributed by atoms with Crippen LogP contribution >= 0.6 is 0 Å². The van der Waals surface area contributed by atoms with Crippen molar-refractivity contribution in [3.05, 3.63) is 35.9 Å². The van der Waals surface area contributed by atoms with Gasteiger partial charge in [0.15, 0.2) is 0 Å². The molecule has 0 spiro atoms. The van der Waals surface area contributed by atoms with E-state index in [9.17, 15) is 0 Å². The van der Waals surface area contributed by atoms with E-state index in [1.165, 1.54) is 12.0 Å². The first-order chi connectivity index (χ1) is 6.45. The number of benzene rings is 1. The first-order valence-corrected chi connectivity index (χ1v) is 4.81. The summed E-state index contributed by atoms with van der Waals surface area (Å²) in [6.07, 6.45) is 1.67. The highest BCUT2D eigenvalue weighted by Crippen LogP contribution is 2.09. The van der Waals surface area contributed by atoms with Crippen LogP contribution in [-0.4, -0.2) is 19.3 Å². The normalized spacial score (nSPS) is 21.1. The predicted octanol–water partition coefficient (Wildman–Crippen LogP) is 1.57. The van der Waals surface area contributed by atoms with Crippen molar-refractivity contribution in [1.29, 1.82) is 0 Å². The zero-order chi connectivity index (χ0) is 8.93. The largest absolute Gasteiger partial charge is 0.377 e. The summed E-state index contributed by atoms with van der Waals surface area (Å²) < 4.78 is 5.31. The van der Waals surface area contributed by atoms with Crippen LogP contribution in [0, 0.1) is 0 Å². The van der Waals surface area contributed by atoms with Crippen molar-refractivity contribution in [2.75, 3.05) is 13.2 Å². The molecule has 0 radical (unpaired) electrons. The van der Waals surface area contributed by atoms with E-state index in [1.807, 2.05) is 6.07 Å². The molecule has 1 atom stereocenters. The van der Waals surface area contributed by atoms with Gasteiger partial charge in [-0.3, -0.25) is 0 Å². The van der Waals surface area contributed by atoms with E-state index in [-0.39, 0.29) is 0 Å². The number of nitrogens with one attached hydrogen (secondary N) is 1. The van der Waals surface area contributed by atoms with Gasteiger partial charge in [-0.25, -0.2) is 0 Å². The van der Waals surface area contributed by atoms with Crippen LogP contribution in [0.3, 0.4) is 0 Å². The monoisotopic (exact) mass is 177 g/mol. The molecule has 1 unspecified atom stereocenters. The van der Waals surface area contributed by atoms with E-state index >= 15 is 0 Å². The summed E-state index contributed by atoms with van der Waals surface area (Å²) in [5, 5.41) is 3.38. The number of hydrogen-bond donors (Lipinski definition) is 1. The summed E-state index contributed by atoms with van der Waals surface area (Å²) in [6, 6.07) is 10.4. The number of ether oxygens (including phenoxy) is 1. The highest BCUT2D eigenvalue weighted by Gasteiger charge is 2.16. The molecule has 70 valence electrons. The van der Waals surface area contributed by atoms with Gasteiger partial charge < -0.3 is 10.1 Å². The lowest BCUT2D eigenvalue weighted by molar-refractivity contribution is -0.0484. The van der Waals surface area contributed by atoms with E-state index in [4.69, 9.17) is 4.74 Å². The van der Waals surface area contributed by atoms with Crippen molar-refractivity contribution in [3.8, 4) is 0 Å². The zero-order valence-electron chi connectivity index (χ0n) is 7.70. The van der Waals surface area contributed by atoms with Crippen molar-refractivity contribution < 1.29 is 4.74 Å². The Labute approximate surface area is 78.9 Å². The van der Waals surface area contributed by atoms with Crippen molar-refractivity contribution in [1.82, 2.24) is 5.32 Å². The third-order valence-electron chi connectivity index (χ3n) is 2.34. The molecular weight excluding hydrogens is 162 g/mol. The van der Waals surface area contributed by atoms with Crippen molar-refractivity contribution in [3.63, 3.8) is 0 Å². The van der Waals surface area contributed by atoms with Crippen LogP contribution in [0.25, 0.3) is 0 Å². The van der Waals surface area contributed by atoms with E-state index in [2.05, 4.69) is 29.6 Å². The molecule has 0 aliphatic carbocycles. The second-order valence-corrected chi connectivity index (χ2v) is 3.40. The van der Waals surface area contributed by atoms with E-state index in [0.717, 1.165) is 19.7 Å². The molecule has 1 aromatic carbocycles. The maximum Gasteiger partial charge on any atom is 0.0721 e. The van der Waals surface area contributed by atoms with E-state index < -0.39 is 0 Å². The molecule has 1 saturated heterocycles. The molecule has 1 aliphatic rings. The van der Waals surface area contributed by atoms with Gasteiger partial charge in [0.05, 0.1) is 6.10 Å². The highest BCUT2D eigenvalue weighted by molar-refractivity contribution is 5.14. The molecule has 2 heteroatoms. The highest BCUT2D eigenvalue weighted by atomic mass is 16.5. The van der Waals surface area contributed by atoms with Gasteiger partial charge in [-0.05, 0) is 12.0 Å². The van der Waals surface area contributed by atoms with Gasteiger partial charge in [-0.15, -0.1) is 0 Å². The van der Waals surface area contributed by atoms with Crippen LogP contribution in [-0.2, 0) is 11.3 Å². The average molecular weight is 177 g/mol. The smallest absolute Gasteiger partial charge is 0.0721 e. The minimum atomic E-state index is 0.462. The molecule has 0 bridgehead atoms.